The highest BCUT2D eigenvalue weighted by molar-refractivity contribution is 7.61. The minimum Gasteiger partial charge on any atom is -0.497 e. The fourth-order valence-corrected chi connectivity index (χ4v) is 7.74. The van der Waals surface area contributed by atoms with Crippen molar-refractivity contribution in [1.82, 2.24) is 29.6 Å². The maximum atomic E-state index is 13.6. The third kappa shape index (κ3) is 10.6. The number of fused-ring (bicyclic) bond motifs is 1. The number of carbonyl (C=O) groups excluding carboxylic acids is 1. The summed E-state index contributed by atoms with van der Waals surface area (Å²) in [5.41, 5.74) is 4.47. The molecule has 1 aliphatic rings. The molecule has 3 aromatic heterocycles. The van der Waals surface area contributed by atoms with Crippen LogP contribution in [-0.4, -0.2) is 95.6 Å². The highest BCUT2D eigenvalue weighted by Crippen LogP contribution is 2.40. The summed E-state index contributed by atoms with van der Waals surface area (Å²) in [5, 5.41) is 11.4. The van der Waals surface area contributed by atoms with Crippen molar-refractivity contribution in [2.24, 2.45) is 0 Å². The molecule has 0 aliphatic carbocycles. The second kappa shape index (κ2) is 18.2. The first kappa shape index (κ1) is 40.4. The van der Waals surface area contributed by atoms with Crippen LogP contribution in [0.4, 0.5) is 16.3 Å². The number of ether oxygens (including phenoxy) is 4. The van der Waals surface area contributed by atoms with Crippen LogP contribution in [0, 0.1) is 0 Å². The van der Waals surface area contributed by atoms with Gasteiger partial charge in [-0.25, -0.2) is 14.5 Å². The maximum absolute atomic E-state index is 13.6. The molecule has 0 unspecified atom stereocenters. The molecule has 0 bridgehead atoms. The van der Waals surface area contributed by atoms with E-state index in [4.69, 9.17) is 29.0 Å². The Morgan fingerprint density at radius 1 is 0.914 bits per heavy atom. The molecule has 58 heavy (non-hydrogen) atoms. The van der Waals surface area contributed by atoms with Crippen molar-refractivity contribution in [3.8, 4) is 28.8 Å². The number of benzene rings is 3. The largest absolute Gasteiger partial charge is 0.497 e. The van der Waals surface area contributed by atoms with Crippen molar-refractivity contribution >= 4 is 35.6 Å². The quantitative estimate of drug-likeness (QED) is 0.0966. The molecule has 15 heteroatoms. The Kier molecular flexibility index (Phi) is 12.7. The highest BCUT2D eigenvalue weighted by atomic mass is 31.2. The third-order valence-electron chi connectivity index (χ3n) is 9.47. The summed E-state index contributed by atoms with van der Waals surface area (Å²) in [5.74, 6) is 3.45. The van der Waals surface area contributed by atoms with E-state index in [1.54, 1.807) is 55.7 Å². The van der Waals surface area contributed by atoms with E-state index in [0.29, 0.717) is 64.8 Å². The van der Waals surface area contributed by atoms with Gasteiger partial charge in [-0.05, 0) is 78.9 Å². The number of amides is 2. The zero-order valence-corrected chi connectivity index (χ0v) is 34.4. The molecular weight excluding hydrogens is 755 g/mol. The fraction of sp³-hybridized carbons (Fsp3) is 0.326. The van der Waals surface area contributed by atoms with Gasteiger partial charge in [0.2, 0.25) is 5.88 Å². The van der Waals surface area contributed by atoms with Crippen LogP contribution in [0.5, 0.6) is 23.1 Å². The number of anilines is 2. The number of aromatic nitrogens is 5. The lowest BCUT2D eigenvalue weighted by Gasteiger charge is -2.26. The van der Waals surface area contributed by atoms with Crippen molar-refractivity contribution in [1.29, 1.82) is 0 Å². The summed E-state index contributed by atoms with van der Waals surface area (Å²) < 4.78 is 37.7. The van der Waals surface area contributed by atoms with E-state index in [0.717, 1.165) is 61.1 Å². The summed E-state index contributed by atoms with van der Waals surface area (Å²) in [7, 11) is -0.662. The van der Waals surface area contributed by atoms with Crippen molar-refractivity contribution in [3.63, 3.8) is 0 Å². The summed E-state index contributed by atoms with van der Waals surface area (Å²) >= 11 is 0. The Morgan fingerprint density at radius 2 is 1.74 bits per heavy atom. The first-order valence-corrected chi connectivity index (χ1v) is 22.1. The van der Waals surface area contributed by atoms with Crippen LogP contribution in [-0.2, 0) is 21.9 Å². The van der Waals surface area contributed by atoms with Gasteiger partial charge in [0.25, 0.3) is 0 Å². The molecule has 2 amide bonds. The number of hydrogen-bond acceptors (Lipinski definition) is 11. The number of rotatable bonds is 15. The standard InChI is InChI=1S/C43H49N8O6P/c1-29(2)37-27-40(51(49-37)32-9-6-8-30(22-32)28-58(4,5)53)48-43(52)46-36-11-12-38(35-10-7-14-45-42(35)36)57-41-13-15-44-39(47-41)25-31-23-33(54-3)26-34(24-31)56-21-18-50-16-19-55-20-17-50/h6-15,22-24,26-27,29H,16-21,25,28H2,1-5H3,(H2,46,48,52). The molecule has 0 spiro atoms. The Morgan fingerprint density at radius 3 is 2.53 bits per heavy atom. The average molecular weight is 805 g/mol. The number of nitrogens with one attached hydrogen (secondary N) is 2. The van der Waals surface area contributed by atoms with E-state index in [9.17, 15) is 9.36 Å². The number of nitrogens with zero attached hydrogens (tertiary/aromatic N) is 6. The van der Waals surface area contributed by atoms with Gasteiger partial charge in [-0.1, -0.05) is 26.0 Å². The lowest BCUT2D eigenvalue weighted by Crippen LogP contribution is -2.38. The predicted octanol–water partition coefficient (Wildman–Crippen LogP) is 8.20. The van der Waals surface area contributed by atoms with E-state index in [2.05, 4.69) is 25.5 Å². The van der Waals surface area contributed by atoms with Crippen LogP contribution >= 0.6 is 7.14 Å². The molecular formula is C43H49N8O6P. The van der Waals surface area contributed by atoms with Gasteiger partial charge in [0.1, 0.15) is 35.5 Å². The molecule has 302 valence electrons. The van der Waals surface area contributed by atoms with E-state index in [-0.39, 0.29) is 5.92 Å². The smallest absolute Gasteiger partial charge is 0.324 e. The Balaban J connectivity index is 1.05. The zero-order valence-electron chi connectivity index (χ0n) is 33.5. The second-order valence-corrected chi connectivity index (χ2v) is 18.4. The zero-order chi connectivity index (χ0) is 40.6. The van der Waals surface area contributed by atoms with E-state index >= 15 is 0 Å². The minimum atomic E-state index is -2.29. The van der Waals surface area contributed by atoms with Gasteiger partial charge >= 0.3 is 6.03 Å². The fourth-order valence-electron chi connectivity index (χ4n) is 6.67. The van der Waals surface area contributed by atoms with Gasteiger partial charge < -0.3 is 28.8 Å². The molecule has 0 atom stereocenters. The minimum absolute atomic E-state index is 0.122. The SMILES string of the molecule is COc1cc(Cc2nccc(Oc3ccc(NC(=O)Nc4cc(C(C)C)nn4-c4cccc(CP(C)(C)=O)c4)c4ncccc34)n2)cc(OCCN2CCOCC2)c1. The van der Waals surface area contributed by atoms with E-state index < -0.39 is 13.2 Å². The van der Waals surface area contributed by atoms with E-state index in [1.807, 2.05) is 74.5 Å². The van der Waals surface area contributed by atoms with Crippen molar-refractivity contribution < 1.29 is 28.3 Å². The number of urea groups is 1. The third-order valence-corrected chi connectivity index (χ3v) is 10.6. The number of morpholine rings is 1. The molecule has 1 saturated heterocycles. The summed E-state index contributed by atoms with van der Waals surface area (Å²) in [6, 6.07) is 23.8. The molecule has 14 nitrogen and oxygen atoms in total. The Bertz CT molecular complexity index is 2430. The number of hydrogen-bond donors (Lipinski definition) is 2. The molecule has 2 N–H and O–H groups in total. The molecule has 7 rings (SSSR count). The van der Waals surface area contributed by atoms with Crippen LogP contribution < -0.4 is 24.8 Å². The predicted molar refractivity (Wildman–Crippen MR) is 226 cm³/mol. The topological polar surface area (TPSA) is 155 Å². The Labute approximate surface area is 338 Å². The average Bonchev–Trinajstić information content (AvgIpc) is 3.63. The number of pyridine rings is 1. The van der Waals surface area contributed by atoms with Crippen molar-refractivity contribution in [3.05, 3.63) is 114 Å². The van der Waals surface area contributed by atoms with Gasteiger partial charge in [0.15, 0.2) is 0 Å². The lowest BCUT2D eigenvalue weighted by atomic mass is 10.1. The van der Waals surface area contributed by atoms with Gasteiger partial charge in [-0.2, -0.15) is 10.1 Å². The van der Waals surface area contributed by atoms with Crippen LogP contribution in [0.2, 0.25) is 0 Å². The molecule has 1 aliphatic heterocycles. The van der Waals surface area contributed by atoms with Gasteiger partial charge in [0, 0.05) is 68.2 Å². The monoisotopic (exact) mass is 804 g/mol. The normalized spacial score (nSPS) is 13.4. The van der Waals surface area contributed by atoms with Crippen molar-refractivity contribution in [2.75, 3.05) is 70.5 Å². The summed E-state index contributed by atoms with van der Waals surface area (Å²) in [6.07, 6.45) is 4.22. The summed E-state index contributed by atoms with van der Waals surface area (Å²) in [6.45, 7) is 12.3. The number of carbonyl (C=O) groups is 1. The molecule has 4 heterocycles. The van der Waals surface area contributed by atoms with Gasteiger partial charge in [-0.3, -0.25) is 15.2 Å². The molecule has 6 aromatic rings. The second-order valence-electron chi connectivity index (χ2n) is 14.9. The lowest BCUT2D eigenvalue weighted by molar-refractivity contribution is 0.0322. The van der Waals surface area contributed by atoms with Crippen LogP contribution in [0.25, 0.3) is 16.6 Å². The van der Waals surface area contributed by atoms with Crippen LogP contribution in [0.1, 0.15) is 42.4 Å². The van der Waals surface area contributed by atoms with Crippen molar-refractivity contribution in [2.45, 2.75) is 32.3 Å². The molecule has 1 fully saturated rings. The maximum Gasteiger partial charge on any atom is 0.324 e. The van der Waals surface area contributed by atoms with Crippen LogP contribution in [0.15, 0.2) is 91.3 Å². The van der Waals surface area contributed by atoms with Crippen LogP contribution in [0.3, 0.4) is 0 Å². The first-order chi connectivity index (χ1) is 28.0. The molecule has 0 saturated carbocycles. The molecule has 0 radical (unpaired) electrons. The number of methoxy groups -OCH3 is 1. The molecule has 3 aromatic carbocycles. The van der Waals surface area contributed by atoms with E-state index in [1.165, 1.54) is 0 Å². The van der Waals surface area contributed by atoms with Gasteiger partial charge in [0.05, 0.1) is 50.1 Å². The van der Waals surface area contributed by atoms with Gasteiger partial charge in [-0.15, -0.1) is 0 Å². The first-order valence-electron chi connectivity index (χ1n) is 19.3. The highest BCUT2D eigenvalue weighted by Gasteiger charge is 2.18. The Hall–Kier alpha value is -5.82. The summed E-state index contributed by atoms with van der Waals surface area (Å²) in [4.78, 5) is 29.7.